The van der Waals surface area contributed by atoms with Gasteiger partial charge in [-0.15, -0.1) is 11.3 Å². The van der Waals surface area contributed by atoms with Crippen molar-refractivity contribution in [2.45, 2.75) is 6.92 Å². The number of amides is 1. The molecule has 2 aliphatic rings. The number of ether oxygens (including phenoxy) is 1. The highest BCUT2D eigenvalue weighted by Gasteiger charge is 2.51. The third-order valence-electron chi connectivity index (χ3n) is 5.13. The maximum Gasteiger partial charge on any atom is 0.339 e. The first kappa shape index (κ1) is 16.4. The molecule has 2 aliphatic heterocycles. The summed E-state index contributed by atoms with van der Waals surface area (Å²) in [7, 11) is 0. The van der Waals surface area contributed by atoms with E-state index >= 15 is 0 Å². The van der Waals surface area contributed by atoms with Gasteiger partial charge in [0.2, 0.25) is 0 Å². The average molecular weight is 384 g/mol. The van der Waals surface area contributed by atoms with E-state index in [1.165, 1.54) is 17.5 Å². The largest absolute Gasteiger partial charge is 0.478 e. The Morgan fingerprint density at radius 2 is 2.15 bits per heavy atom. The number of likely N-dealkylation sites (tertiary alicyclic amines) is 1. The number of rotatable bonds is 3. The van der Waals surface area contributed by atoms with Crippen molar-refractivity contribution in [1.29, 1.82) is 0 Å². The second kappa shape index (κ2) is 5.61. The molecule has 138 valence electrons. The SMILES string of the molecule is Cc1cc(-c2cnc3[nH]cc(C(=O)O)c3n2)sc1C(=O)N1CC2(COC2)C1. The van der Waals surface area contributed by atoms with Crippen LogP contribution >= 0.6 is 11.3 Å². The van der Waals surface area contributed by atoms with Crippen LogP contribution in [0, 0.1) is 12.3 Å². The van der Waals surface area contributed by atoms with Gasteiger partial charge in [0.15, 0.2) is 5.65 Å². The molecule has 0 atom stereocenters. The van der Waals surface area contributed by atoms with E-state index in [0.29, 0.717) is 21.7 Å². The lowest BCUT2D eigenvalue weighted by Crippen LogP contribution is -2.67. The quantitative estimate of drug-likeness (QED) is 0.716. The van der Waals surface area contributed by atoms with Crippen molar-refractivity contribution in [3.63, 3.8) is 0 Å². The molecule has 1 amide bonds. The van der Waals surface area contributed by atoms with Crippen molar-refractivity contribution in [3.8, 4) is 10.6 Å². The van der Waals surface area contributed by atoms with Crippen LogP contribution in [0.4, 0.5) is 0 Å². The van der Waals surface area contributed by atoms with Crippen molar-refractivity contribution in [1.82, 2.24) is 19.9 Å². The lowest BCUT2D eigenvalue weighted by Gasteiger charge is -2.54. The number of nitrogens with one attached hydrogen (secondary N) is 1. The van der Waals surface area contributed by atoms with Crippen molar-refractivity contribution >= 4 is 34.4 Å². The molecule has 5 heterocycles. The number of aromatic carboxylic acids is 1. The molecular formula is C18H16N4O4S. The fourth-order valence-corrected chi connectivity index (χ4v) is 4.71. The molecule has 0 saturated carbocycles. The summed E-state index contributed by atoms with van der Waals surface area (Å²) in [4.78, 5) is 39.0. The minimum Gasteiger partial charge on any atom is -0.478 e. The van der Waals surface area contributed by atoms with Crippen LogP contribution < -0.4 is 0 Å². The number of carbonyl (C=O) groups is 2. The molecule has 3 aromatic heterocycles. The number of nitrogens with zero attached hydrogens (tertiary/aromatic N) is 3. The minimum absolute atomic E-state index is 0.0307. The van der Waals surface area contributed by atoms with Crippen LogP contribution in [0.15, 0.2) is 18.5 Å². The Bertz CT molecular complexity index is 1090. The van der Waals surface area contributed by atoms with Gasteiger partial charge >= 0.3 is 5.97 Å². The molecule has 0 aromatic carbocycles. The molecule has 2 N–H and O–H groups in total. The fraction of sp³-hybridized carbons (Fsp3) is 0.333. The van der Waals surface area contributed by atoms with Gasteiger partial charge in [-0.2, -0.15) is 0 Å². The molecule has 0 radical (unpaired) electrons. The molecule has 5 rings (SSSR count). The number of aromatic amines is 1. The standard InChI is InChI=1S/C18H16N4O4S/c1-9-2-12(11-4-20-15-13(21-11)10(3-19-15)17(24)25)27-14(9)16(23)22-5-18(6-22)7-26-8-18/h2-4H,5-8H2,1H3,(H,19,20)(H,24,25). The predicted octanol–water partition coefficient (Wildman–Crippen LogP) is 2.17. The van der Waals surface area contributed by atoms with E-state index in [1.807, 2.05) is 17.9 Å². The van der Waals surface area contributed by atoms with Crippen molar-refractivity contribution in [2.24, 2.45) is 5.41 Å². The molecule has 0 unspecified atom stereocenters. The van der Waals surface area contributed by atoms with Gasteiger partial charge < -0.3 is 19.7 Å². The maximum atomic E-state index is 12.8. The summed E-state index contributed by atoms with van der Waals surface area (Å²) in [5.41, 5.74) is 2.45. The first-order chi connectivity index (χ1) is 13.0. The van der Waals surface area contributed by atoms with Gasteiger partial charge in [0.1, 0.15) is 11.1 Å². The van der Waals surface area contributed by atoms with E-state index in [0.717, 1.165) is 36.7 Å². The lowest BCUT2D eigenvalue weighted by molar-refractivity contribution is -0.176. The Labute approximate surface area is 157 Å². The van der Waals surface area contributed by atoms with E-state index in [-0.39, 0.29) is 16.9 Å². The van der Waals surface area contributed by atoms with Crippen LogP contribution in [0.1, 0.15) is 25.6 Å². The number of fused-ring (bicyclic) bond motifs is 1. The Balaban J connectivity index is 1.45. The van der Waals surface area contributed by atoms with Gasteiger partial charge in [-0.25, -0.2) is 14.8 Å². The van der Waals surface area contributed by atoms with Crippen LogP contribution in [0.3, 0.4) is 0 Å². The highest BCUT2D eigenvalue weighted by molar-refractivity contribution is 7.17. The van der Waals surface area contributed by atoms with E-state index in [4.69, 9.17) is 4.74 Å². The van der Waals surface area contributed by atoms with Crippen LogP contribution in [0.2, 0.25) is 0 Å². The van der Waals surface area contributed by atoms with Crippen molar-refractivity contribution in [2.75, 3.05) is 26.3 Å². The highest BCUT2D eigenvalue weighted by atomic mass is 32.1. The van der Waals surface area contributed by atoms with E-state index < -0.39 is 5.97 Å². The Kier molecular flexibility index (Phi) is 3.40. The number of hydrogen-bond acceptors (Lipinski definition) is 6. The van der Waals surface area contributed by atoms with Gasteiger partial charge in [0, 0.05) is 19.3 Å². The van der Waals surface area contributed by atoms with E-state index in [2.05, 4.69) is 15.0 Å². The third kappa shape index (κ3) is 2.46. The Hall–Kier alpha value is -2.78. The summed E-state index contributed by atoms with van der Waals surface area (Å²) in [6.07, 6.45) is 2.98. The summed E-state index contributed by atoms with van der Waals surface area (Å²) < 4.78 is 5.26. The molecule has 8 nitrogen and oxygen atoms in total. The zero-order valence-corrected chi connectivity index (χ0v) is 15.3. The van der Waals surface area contributed by atoms with E-state index in [1.54, 1.807) is 6.20 Å². The second-order valence-corrected chi connectivity index (χ2v) is 8.29. The zero-order chi connectivity index (χ0) is 18.8. The predicted molar refractivity (Wildman–Crippen MR) is 98.1 cm³/mol. The molecule has 0 aliphatic carbocycles. The Morgan fingerprint density at radius 3 is 2.81 bits per heavy atom. The van der Waals surface area contributed by atoms with Crippen LogP contribution in [0.5, 0.6) is 0 Å². The monoisotopic (exact) mass is 384 g/mol. The third-order valence-corrected chi connectivity index (χ3v) is 6.38. The van der Waals surface area contributed by atoms with Crippen LogP contribution in [-0.4, -0.2) is 63.1 Å². The fourth-order valence-electron chi connectivity index (χ4n) is 3.62. The number of aryl methyl sites for hydroxylation is 1. The molecule has 27 heavy (non-hydrogen) atoms. The number of carboxylic acids is 1. The molecule has 3 aromatic rings. The summed E-state index contributed by atoms with van der Waals surface area (Å²) in [5, 5.41) is 9.27. The molecule has 0 bridgehead atoms. The van der Waals surface area contributed by atoms with Crippen LogP contribution in [0.25, 0.3) is 21.7 Å². The minimum atomic E-state index is -1.06. The molecule has 9 heteroatoms. The van der Waals surface area contributed by atoms with Gasteiger partial charge in [-0.3, -0.25) is 4.79 Å². The smallest absolute Gasteiger partial charge is 0.339 e. The van der Waals surface area contributed by atoms with Gasteiger partial charge in [-0.1, -0.05) is 0 Å². The topological polar surface area (TPSA) is 108 Å². The highest BCUT2D eigenvalue weighted by Crippen LogP contribution is 2.40. The number of thiophene rings is 1. The van der Waals surface area contributed by atoms with Crippen molar-refractivity contribution in [3.05, 3.63) is 34.5 Å². The molecular weight excluding hydrogens is 368 g/mol. The number of aromatic nitrogens is 3. The van der Waals surface area contributed by atoms with Gasteiger partial charge in [-0.05, 0) is 18.6 Å². The maximum absolute atomic E-state index is 12.8. The number of carboxylic acid groups (broad SMARTS) is 1. The summed E-state index contributed by atoms with van der Waals surface area (Å²) >= 11 is 1.37. The summed E-state index contributed by atoms with van der Waals surface area (Å²) in [5.74, 6) is -1.03. The van der Waals surface area contributed by atoms with Gasteiger partial charge in [0.25, 0.3) is 5.91 Å². The average Bonchev–Trinajstić information content (AvgIpc) is 3.14. The lowest BCUT2D eigenvalue weighted by atomic mass is 9.78. The zero-order valence-electron chi connectivity index (χ0n) is 14.5. The Morgan fingerprint density at radius 1 is 1.37 bits per heavy atom. The van der Waals surface area contributed by atoms with Crippen LogP contribution in [-0.2, 0) is 4.74 Å². The summed E-state index contributed by atoms with van der Waals surface area (Å²) in [6.45, 7) is 4.87. The molecule has 1 spiro atoms. The van der Waals surface area contributed by atoms with E-state index in [9.17, 15) is 14.7 Å². The normalized spacial score (nSPS) is 17.7. The summed E-state index contributed by atoms with van der Waals surface area (Å²) in [6, 6.07) is 1.91. The van der Waals surface area contributed by atoms with Crippen molar-refractivity contribution < 1.29 is 19.4 Å². The first-order valence-corrected chi connectivity index (χ1v) is 9.33. The second-order valence-electron chi connectivity index (χ2n) is 7.24. The first-order valence-electron chi connectivity index (χ1n) is 8.51. The number of H-pyrrole nitrogens is 1. The molecule has 2 fully saturated rings. The molecule has 2 saturated heterocycles. The number of carbonyl (C=O) groups excluding carboxylic acids is 1. The number of hydrogen-bond donors (Lipinski definition) is 2. The van der Waals surface area contributed by atoms with Gasteiger partial charge in [0.05, 0.1) is 40.3 Å².